The van der Waals surface area contributed by atoms with E-state index in [9.17, 15) is 10.2 Å². The second-order valence-corrected chi connectivity index (χ2v) is 8.23. The molecule has 0 amide bonds. The average Bonchev–Trinajstić information content (AvgIpc) is 2.61. The zero-order valence-corrected chi connectivity index (χ0v) is 16.7. The summed E-state index contributed by atoms with van der Waals surface area (Å²) in [7, 11) is 1.66. The zero-order chi connectivity index (χ0) is 19.2. The molecule has 0 spiro atoms. The van der Waals surface area contributed by atoms with Crippen LogP contribution in [0, 0.1) is 0 Å². The molecule has 0 radical (unpaired) electrons. The SMILES string of the molecule is COc1ccc(OCC(O)CN2CCCCC2CCO)c(C(C)(C)C)c1. The first kappa shape index (κ1) is 21.0. The minimum absolute atomic E-state index is 0.0755. The maximum atomic E-state index is 10.5. The highest BCUT2D eigenvalue weighted by atomic mass is 16.5. The van der Waals surface area contributed by atoms with Crippen LogP contribution in [-0.2, 0) is 5.41 Å². The maximum absolute atomic E-state index is 10.5. The van der Waals surface area contributed by atoms with Gasteiger partial charge in [0, 0.05) is 24.8 Å². The summed E-state index contributed by atoms with van der Waals surface area (Å²) in [5, 5.41) is 19.7. The highest BCUT2D eigenvalue weighted by Crippen LogP contribution is 2.34. The fourth-order valence-electron chi connectivity index (χ4n) is 3.63. The van der Waals surface area contributed by atoms with E-state index in [-0.39, 0.29) is 18.6 Å². The van der Waals surface area contributed by atoms with E-state index in [0.29, 0.717) is 12.6 Å². The van der Waals surface area contributed by atoms with Crippen molar-refractivity contribution in [1.29, 1.82) is 0 Å². The minimum atomic E-state index is -0.552. The maximum Gasteiger partial charge on any atom is 0.123 e. The van der Waals surface area contributed by atoms with Crippen molar-refractivity contribution in [3.8, 4) is 11.5 Å². The monoisotopic (exact) mass is 365 g/mol. The van der Waals surface area contributed by atoms with Crippen LogP contribution in [0.15, 0.2) is 18.2 Å². The highest BCUT2D eigenvalue weighted by molar-refractivity contribution is 5.44. The lowest BCUT2D eigenvalue weighted by atomic mass is 9.86. The van der Waals surface area contributed by atoms with Crippen LogP contribution in [-0.4, -0.2) is 60.7 Å². The summed E-state index contributed by atoms with van der Waals surface area (Å²) in [6.07, 6.45) is 3.68. The summed E-state index contributed by atoms with van der Waals surface area (Å²) in [5.74, 6) is 1.60. The number of rotatable bonds is 8. The fourth-order valence-corrected chi connectivity index (χ4v) is 3.63. The van der Waals surface area contributed by atoms with Crippen LogP contribution < -0.4 is 9.47 Å². The summed E-state index contributed by atoms with van der Waals surface area (Å²) in [6.45, 7) is 8.45. The summed E-state index contributed by atoms with van der Waals surface area (Å²) in [5.41, 5.74) is 0.994. The van der Waals surface area contributed by atoms with Gasteiger partial charge in [-0.3, -0.25) is 4.90 Å². The third-order valence-corrected chi connectivity index (χ3v) is 5.08. The van der Waals surface area contributed by atoms with Gasteiger partial charge in [-0.2, -0.15) is 0 Å². The molecule has 2 atom stereocenters. The van der Waals surface area contributed by atoms with E-state index in [0.717, 1.165) is 42.9 Å². The van der Waals surface area contributed by atoms with Crippen LogP contribution in [0.3, 0.4) is 0 Å². The normalized spacial score (nSPS) is 20.0. The van der Waals surface area contributed by atoms with Crippen molar-refractivity contribution in [2.75, 3.05) is 33.4 Å². The first-order valence-corrected chi connectivity index (χ1v) is 9.69. The van der Waals surface area contributed by atoms with E-state index in [1.807, 2.05) is 18.2 Å². The highest BCUT2D eigenvalue weighted by Gasteiger charge is 2.25. The number of aliphatic hydroxyl groups is 2. The molecule has 1 aliphatic heterocycles. The third-order valence-electron chi connectivity index (χ3n) is 5.08. The Hall–Kier alpha value is -1.30. The van der Waals surface area contributed by atoms with Crippen LogP contribution in [0.2, 0.25) is 0 Å². The number of piperidine rings is 1. The lowest BCUT2D eigenvalue weighted by Gasteiger charge is -2.36. The molecule has 1 aliphatic rings. The van der Waals surface area contributed by atoms with Gasteiger partial charge < -0.3 is 19.7 Å². The van der Waals surface area contributed by atoms with Crippen LogP contribution in [0.5, 0.6) is 11.5 Å². The molecule has 1 aromatic rings. The van der Waals surface area contributed by atoms with E-state index in [2.05, 4.69) is 25.7 Å². The van der Waals surface area contributed by atoms with Crippen LogP contribution in [0.1, 0.15) is 52.0 Å². The third kappa shape index (κ3) is 5.86. The number of ether oxygens (including phenoxy) is 2. The number of hydrogen-bond acceptors (Lipinski definition) is 5. The Balaban J connectivity index is 1.97. The number of likely N-dealkylation sites (tertiary alicyclic amines) is 1. The van der Waals surface area contributed by atoms with Gasteiger partial charge in [0.15, 0.2) is 0 Å². The molecular weight excluding hydrogens is 330 g/mol. The standard InChI is InChI=1S/C21H35NO4/c1-21(2,3)19-13-18(25-4)8-9-20(19)26-15-17(24)14-22-11-6-5-7-16(22)10-12-23/h8-9,13,16-17,23-24H,5-7,10-12,14-15H2,1-4H3. The van der Waals surface area contributed by atoms with E-state index < -0.39 is 6.10 Å². The molecule has 5 heteroatoms. The van der Waals surface area contributed by atoms with Gasteiger partial charge in [0.1, 0.15) is 24.2 Å². The van der Waals surface area contributed by atoms with E-state index in [4.69, 9.17) is 9.47 Å². The number of aliphatic hydroxyl groups excluding tert-OH is 2. The van der Waals surface area contributed by atoms with E-state index in [1.54, 1.807) is 7.11 Å². The lowest BCUT2D eigenvalue weighted by molar-refractivity contribution is 0.0328. The molecule has 1 saturated heterocycles. The number of methoxy groups -OCH3 is 1. The Kier molecular flexibility index (Phi) is 7.74. The Morgan fingerprint density at radius 1 is 1.27 bits per heavy atom. The number of β-amino-alcohol motifs (C(OH)–C–C–N with tert-alkyl or cyclic N) is 1. The van der Waals surface area contributed by atoms with Crippen LogP contribution >= 0.6 is 0 Å². The van der Waals surface area contributed by atoms with Gasteiger partial charge in [-0.05, 0) is 49.4 Å². The van der Waals surface area contributed by atoms with Crippen molar-refractivity contribution < 1.29 is 19.7 Å². The average molecular weight is 366 g/mol. The van der Waals surface area contributed by atoms with Crippen molar-refractivity contribution in [1.82, 2.24) is 4.90 Å². The van der Waals surface area contributed by atoms with Crippen LogP contribution in [0.25, 0.3) is 0 Å². The molecule has 0 aliphatic carbocycles. The Morgan fingerprint density at radius 3 is 2.69 bits per heavy atom. The largest absolute Gasteiger partial charge is 0.497 e. The zero-order valence-electron chi connectivity index (χ0n) is 16.7. The Morgan fingerprint density at radius 2 is 2.04 bits per heavy atom. The molecule has 0 saturated carbocycles. The number of benzene rings is 1. The molecule has 26 heavy (non-hydrogen) atoms. The predicted octanol–water partition coefficient (Wildman–Crippen LogP) is 2.97. The Bertz CT molecular complexity index is 553. The van der Waals surface area contributed by atoms with Crippen molar-refractivity contribution in [3.63, 3.8) is 0 Å². The van der Waals surface area contributed by atoms with Crippen molar-refractivity contribution in [3.05, 3.63) is 23.8 Å². The molecule has 1 fully saturated rings. The van der Waals surface area contributed by atoms with Crippen molar-refractivity contribution in [2.24, 2.45) is 0 Å². The van der Waals surface area contributed by atoms with E-state index in [1.165, 1.54) is 6.42 Å². The summed E-state index contributed by atoms with van der Waals surface area (Å²) < 4.78 is 11.3. The van der Waals surface area contributed by atoms with Gasteiger partial charge in [-0.1, -0.05) is 27.2 Å². The molecule has 1 aromatic carbocycles. The van der Waals surface area contributed by atoms with Gasteiger partial charge in [-0.25, -0.2) is 0 Å². The van der Waals surface area contributed by atoms with Gasteiger partial charge in [0.05, 0.1) is 7.11 Å². The quantitative estimate of drug-likeness (QED) is 0.742. The van der Waals surface area contributed by atoms with Gasteiger partial charge in [-0.15, -0.1) is 0 Å². The molecule has 5 nitrogen and oxygen atoms in total. The Labute approximate surface area is 157 Å². The molecule has 148 valence electrons. The van der Waals surface area contributed by atoms with Crippen LogP contribution in [0.4, 0.5) is 0 Å². The number of hydrogen-bond donors (Lipinski definition) is 2. The van der Waals surface area contributed by atoms with Gasteiger partial charge in [0.2, 0.25) is 0 Å². The molecule has 1 heterocycles. The molecule has 0 bridgehead atoms. The lowest BCUT2D eigenvalue weighted by Crippen LogP contribution is -2.45. The molecule has 0 aromatic heterocycles. The summed E-state index contributed by atoms with van der Waals surface area (Å²) in [6, 6.07) is 6.18. The molecule has 2 unspecified atom stereocenters. The minimum Gasteiger partial charge on any atom is -0.497 e. The van der Waals surface area contributed by atoms with E-state index >= 15 is 0 Å². The summed E-state index contributed by atoms with van der Waals surface area (Å²) >= 11 is 0. The number of nitrogens with zero attached hydrogens (tertiary/aromatic N) is 1. The second-order valence-electron chi connectivity index (χ2n) is 8.23. The first-order chi connectivity index (χ1) is 12.3. The molecular formula is C21H35NO4. The van der Waals surface area contributed by atoms with Crippen molar-refractivity contribution in [2.45, 2.75) is 64.0 Å². The summed E-state index contributed by atoms with van der Waals surface area (Å²) in [4.78, 5) is 2.30. The predicted molar refractivity (Wildman–Crippen MR) is 104 cm³/mol. The fraction of sp³-hybridized carbons (Fsp3) is 0.714. The molecule has 2 N–H and O–H groups in total. The first-order valence-electron chi connectivity index (χ1n) is 9.69. The smallest absolute Gasteiger partial charge is 0.123 e. The topological polar surface area (TPSA) is 62.2 Å². The van der Waals surface area contributed by atoms with Crippen molar-refractivity contribution >= 4 is 0 Å². The molecule has 2 rings (SSSR count). The van der Waals surface area contributed by atoms with Gasteiger partial charge in [0.25, 0.3) is 0 Å². The van der Waals surface area contributed by atoms with Gasteiger partial charge >= 0.3 is 0 Å². The second kappa shape index (κ2) is 9.58.